The molecule has 0 saturated heterocycles. The molecule has 0 aliphatic carbocycles. The first kappa shape index (κ1) is 15.5. The number of carbonyl (C=O) groups excluding carboxylic acids is 1. The summed E-state index contributed by atoms with van der Waals surface area (Å²) in [7, 11) is 6.42. The Morgan fingerprint density at radius 2 is 1.84 bits per heavy atom. The van der Waals surface area contributed by atoms with Gasteiger partial charge < -0.3 is 19.1 Å². The van der Waals surface area contributed by atoms with Crippen molar-refractivity contribution in [3.8, 4) is 5.75 Å². The Hall–Kier alpha value is -1.59. The van der Waals surface area contributed by atoms with Crippen LogP contribution < -0.4 is 4.74 Å². The molecular formula is C14H21NO4. The zero-order valence-electron chi connectivity index (χ0n) is 11.9. The van der Waals surface area contributed by atoms with Crippen LogP contribution in [0.25, 0.3) is 0 Å². The number of amides is 1. The SMILES string of the molecule is COc1ccccc1CC(=O)N(C)CC(OC)OC. The van der Waals surface area contributed by atoms with Crippen molar-refractivity contribution < 1.29 is 19.0 Å². The van der Waals surface area contributed by atoms with E-state index in [4.69, 9.17) is 14.2 Å². The van der Waals surface area contributed by atoms with E-state index in [9.17, 15) is 4.79 Å². The number of likely N-dealkylation sites (N-methyl/N-ethyl adjacent to an activating group) is 1. The second-order valence-corrected chi connectivity index (χ2v) is 4.16. The van der Waals surface area contributed by atoms with E-state index in [-0.39, 0.29) is 5.91 Å². The topological polar surface area (TPSA) is 48.0 Å². The number of carbonyl (C=O) groups is 1. The van der Waals surface area contributed by atoms with Crippen molar-refractivity contribution in [1.29, 1.82) is 0 Å². The maximum absolute atomic E-state index is 12.1. The monoisotopic (exact) mass is 267 g/mol. The summed E-state index contributed by atoms with van der Waals surface area (Å²) in [6, 6.07) is 7.49. The van der Waals surface area contributed by atoms with Gasteiger partial charge in [0.2, 0.25) is 5.91 Å². The van der Waals surface area contributed by atoms with E-state index in [0.717, 1.165) is 11.3 Å². The molecule has 0 heterocycles. The fourth-order valence-electron chi connectivity index (χ4n) is 1.72. The van der Waals surface area contributed by atoms with Crippen molar-refractivity contribution >= 4 is 5.91 Å². The summed E-state index contributed by atoms with van der Waals surface area (Å²) in [6.45, 7) is 0.390. The molecule has 0 aliphatic heterocycles. The van der Waals surface area contributed by atoms with E-state index >= 15 is 0 Å². The summed E-state index contributed by atoms with van der Waals surface area (Å²) in [5, 5.41) is 0. The van der Waals surface area contributed by atoms with Crippen LogP contribution in [0.2, 0.25) is 0 Å². The van der Waals surface area contributed by atoms with Crippen LogP contribution >= 0.6 is 0 Å². The maximum atomic E-state index is 12.1. The summed E-state index contributed by atoms with van der Waals surface area (Å²) in [5.74, 6) is 0.711. The number of para-hydroxylation sites is 1. The summed E-state index contributed by atoms with van der Waals surface area (Å²) in [5.41, 5.74) is 0.869. The van der Waals surface area contributed by atoms with Crippen LogP contribution in [0.1, 0.15) is 5.56 Å². The van der Waals surface area contributed by atoms with Gasteiger partial charge in [-0.25, -0.2) is 0 Å². The first-order valence-electron chi connectivity index (χ1n) is 6.03. The second-order valence-electron chi connectivity index (χ2n) is 4.16. The standard InChI is InChI=1S/C14H21NO4/c1-15(10-14(18-3)19-4)13(16)9-11-7-5-6-8-12(11)17-2/h5-8,14H,9-10H2,1-4H3. The van der Waals surface area contributed by atoms with Crippen molar-refractivity contribution in [2.75, 3.05) is 34.9 Å². The minimum absolute atomic E-state index is 0.0106. The molecule has 0 saturated carbocycles. The van der Waals surface area contributed by atoms with E-state index in [1.165, 1.54) is 0 Å². The molecule has 0 bridgehead atoms. The number of hydrogen-bond donors (Lipinski definition) is 0. The highest BCUT2D eigenvalue weighted by Gasteiger charge is 2.16. The van der Waals surface area contributed by atoms with Crippen LogP contribution in [0.5, 0.6) is 5.75 Å². The van der Waals surface area contributed by atoms with Gasteiger partial charge in [0.15, 0.2) is 6.29 Å². The molecule has 1 amide bonds. The second kappa shape index (κ2) is 7.76. The van der Waals surface area contributed by atoms with Crippen LogP contribution in [0.4, 0.5) is 0 Å². The number of rotatable bonds is 7. The van der Waals surface area contributed by atoms with Crippen LogP contribution in [0.15, 0.2) is 24.3 Å². The van der Waals surface area contributed by atoms with E-state index in [1.54, 1.807) is 33.3 Å². The molecule has 0 N–H and O–H groups in total. The summed E-state index contributed by atoms with van der Waals surface area (Å²) in [4.78, 5) is 13.7. The van der Waals surface area contributed by atoms with Gasteiger partial charge in [0, 0.05) is 26.8 Å². The van der Waals surface area contributed by atoms with Crippen LogP contribution in [-0.4, -0.2) is 52.0 Å². The van der Waals surface area contributed by atoms with Crippen molar-refractivity contribution in [1.82, 2.24) is 4.90 Å². The molecule has 1 aromatic carbocycles. The third-order valence-electron chi connectivity index (χ3n) is 2.91. The molecular weight excluding hydrogens is 246 g/mol. The van der Waals surface area contributed by atoms with Gasteiger partial charge >= 0.3 is 0 Å². The third-order valence-corrected chi connectivity index (χ3v) is 2.91. The molecule has 106 valence electrons. The molecule has 1 rings (SSSR count). The molecule has 5 heteroatoms. The predicted octanol–water partition coefficient (Wildman–Crippen LogP) is 1.31. The Balaban J connectivity index is 2.63. The Morgan fingerprint density at radius 1 is 1.21 bits per heavy atom. The molecule has 5 nitrogen and oxygen atoms in total. The van der Waals surface area contributed by atoms with Crippen LogP contribution in [-0.2, 0) is 20.7 Å². The van der Waals surface area contributed by atoms with Gasteiger partial charge in [-0.15, -0.1) is 0 Å². The average Bonchev–Trinajstić information content (AvgIpc) is 2.44. The first-order chi connectivity index (χ1) is 9.12. The summed E-state index contributed by atoms with van der Waals surface area (Å²) < 4.78 is 15.4. The van der Waals surface area contributed by atoms with Crippen LogP contribution in [0.3, 0.4) is 0 Å². The van der Waals surface area contributed by atoms with Gasteiger partial charge in [-0.05, 0) is 6.07 Å². The highest BCUT2D eigenvalue weighted by Crippen LogP contribution is 2.18. The summed E-state index contributed by atoms with van der Waals surface area (Å²) >= 11 is 0. The van der Waals surface area contributed by atoms with Gasteiger partial charge in [-0.2, -0.15) is 0 Å². The lowest BCUT2D eigenvalue weighted by Crippen LogP contribution is -2.36. The molecule has 0 unspecified atom stereocenters. The lowest BCUT2D eigenvalue weighted by molar-refractivity contribution is -0.142. The zero-order chi connectivity index (χ0) is 14.3. The molecule has 0 radical (unpaired) electrons. The van der Waals surface area contributed by atoms with Gasteiger partial charge in [0.25, 0.3) is 0 Å². The number of methoxy groups -OCH3 is 3. The fourth-order valence-corrected chi connectivity index (χ4v) is 1.72. The third kappa shape index (κ3) is 4.54. The van der Waals surface area contributed by atoms with Crippen molar-refractivity contribution in [2.24, 2.45) is 0 Å². The van der Waals surface area contributed by atoms with E-state index in [0.29, 0.717) is 13.0 Å². The Bertz CT molecular complexity index is 404. The average molecular weight is 267 g/mol. The molecule has 0 aromatic heterocycles. The van der Waals surface area contributed by atoms with Crippen LogP contribution in [0, 0.1) is 0 Å². The highest BCUT2D eigenvalue weighted by atomic mass is 16.7. The maximum Gasteiger partial charge on any atom is 0.227 e. The molecule has 0 aliphatic rings. The molecule has 0 atom stereocenters. The van der Waals surface area contributed by atoms with E-state index < -0.39 is 6.29 Å². The number of hydrogen-bond acceptors (Lipinski definition) is 4. The van der Waals surface area contributed by atoms with Crippen molar-refractivity contribution in [3.05, 3.63) is 29.8 Å². The Morgan fingerprint density at radius 3 is 2.42 bits per heavy atom. The van der Waals surface area contributed by atoms with Crippen molar-refractivity contribution in [3.63, 3.8) is 0 Å². The fraction of sp³-hybridized carbons (Fsp3) is 0.500. The number of benzene rings is 1. The molecule has 0 fully saturated rings. The normalized spacial score (nSPS) is 10.6. The Labute approximate surface area is 114 Å². The number of ether oxygens (including phenoxy) is 3. The lowest BCUT2D eigenvalue weighted by Gasteiger charge is -2.22. The largest absolute Gasteiger partial charge is 0.496 e. The quantitative estimate of drug-likeness (QED) is 0.699. The van der Waals surface area contributed by atoms with Gasteiger partial charge in [0.05, 0.1) is 20.1 Å². The smallest absolute Gasteiger partial charge is 0.227 e. The molecule has 19 heavy (non-hydrogen) atoms. The Kier molecular flexibility index (Phi) is 6.32. The van der Waals surface area contributed by atoms with Gasteiger partial charge in [-0.3, -0.25) is 4.79 Å². The van der Waals surface area contributed by atoms with Gasteiger partial charge in [0.1, 0.15) is 5.75 Å². The molecule has 1 aromatic rings. The molecule has 0 spiro atoms. The summed E-state index contributed by atoms with van der Waals surface area (Å²) in [6.07, 6.45) is -0.118. The minimum atomic E-state index is -0.411. The van der Waals surface area contributed by atoms with Gasteiger partial charge in [-0.1, -0.05) is 18.2 Å². The zero-order valence-corrected chi connectivity index (χ0v) is 11.9. The predicted molar refractivity (Wildman–Crippen MR) is 72.1 cm³/mol. The van der Waals surface area contributed by atoms with E-state index in [1.807, 2.05) is 24.3 Å². The number of nitrogens with zero attached hydrogens (tertiary/aromatic N) is 1. The minimum Gasteiger partial charge on any atom is -0.496 e. The first-order valence-corrected chi connectivity index (χ1v) is 6.03. The lowest BCUT2D eigenvalue weighted by atomic mass is 10.1. The van der Waals surface area contributed by atoms with E-state index in [2.05, 4.69) is 0 Å². The van der Waals surface area contributed by atoms with Crippen molar-refractivity contribution in [2.45, 2.75) is 12.7 Å². The highest BCUT2D eigenvalue weighted by molar-refractivity contribution is 5.79.